The molecular weight excluding hydrogens is 364 g/mol. The van der Waals surface area contributed by atoms with E-state index in [1.807, 2.05) is 49.4 Å². The van der Waals surface area contributed by atoms with Gasteiger partial charge in [0.2, 0.25) is 0 Å². The summed E-state index contributed by atoms with van der Waals surface area (Å²) < 4.78 is 6.11. The van der Waals surface area contributed by atoms with E-state index < -0.39 is 11.9 Å². The number of nitrogens with two attached hydrogens (primary N) is 1. The van der Waals surface area contributed by atoms with Crippen molar-refractivity contribution in [3.05, 3.63) is 59.7 Å². The second-order valence-corrected chi connectivity index (χ2v) is 7.44. The van der Waals surface area contributed by atoms with Gasteiger partial charge in [0.25, 0.3) is 5.91 Å². The van der Waals surface area contributed by atoms with Crippen LogP contribution >= 0.6 is 0 Å². The van der Waals surface area contributed by atoms with Crippen LogP contribution in [0.5, 0.6) is 5.75 Å². The monoisotopic (exact) mass is 388 g/mol. The summed E-state index contributed by atoms with van der Waals surface area (Å²) in [5.74, 6) is -0.0970. The molecule has 4 rings (SSSR count). The maximum absolute atomic E-state index is 12.8. The van der Waals surface area contributed by atoms with Crippen LogP contribution < -0.4 is 15.8 Å². The van der Waals surface area contributed by atoms with Crippen LogP contribution in [-0.2, 0) is 0 Å². The van der Waals surface area contributed by atoms with Gasteiger partial charge in [0.05, 0.1) is 22.9 Å². The Labute approximate surface area is 169 Å². The Morgan fingerprint density at radius 1 is 1.17 bits per heavy atom. The highest BCUT2D eigenvalue weighted by atomic mass is 16.5. The lowest BCUT2D eigenvalue weighted by molar-refractivity contribution is 0.0978. The number of amides is 1. The predicted octanol–water partition coefficient (Wildman–Crippen LogP) is 4.15. The van der Waals surface area contributed by atoms with Crippen molar-refractivity contribution >= 4 is 22.8 Å². The lowest BCUT2D eigenvalue weighted by Gasteiger charge is -2.15. The van der Waals surface area contributed by atoms with Crippen LogP contribution in [0.4, 0.5) is 0 Å². The van der Waals surface area contributed by atoms with Crippen LogP contribution in [0.15, 0.2) is 48.5 Å². The third kappa shape index (κ3) is 4.06. The van der Waals surface area contributed by atoms with Crippen LogP contribution in [0, 0.1) is 12.3 Å². The molecule has 2 aromatic carbocycles. The molecule has 6 nitrogen and oxygen atoms in total. The number of guanidine groups is 1. The number of carbonyl (C=O) groups is 1. The average Bonchev–Trinajstić information content (AvgIpc) is 3.20. The van der Waals surface area contributed by atoms with Gasteiger partial charge in [-0.1, -0.05) is 24.3 Å². The number of hydrogen-bond acceptors (Lipinski definition) is 4. The summed E-state index contributed by atoms with van der Waals surface area (Å²) in [6, 6.07) is 15.3. The molecule has 1 aliphatic rings. The quantitative estimate of drug-likeness (QED) is 0.461. The second kappa shape index (κ2) is 7.91. The van der Waals surface area contributed by atoms with Gasteiger partial charge in [-0.2, -0.15) is 0 Å². The molecule has 1 aliphatic carbocycles. The van der Waals surface area contributed by atoms with Gasteiger partial charge in [-0.15, -0.1) is 0 Å². The van der Waals surface area contributed by atoms with Crippen LogP contribution in [0.3, 0.4) is 0 Å². The molecule has 29 heavy (non-hydrogen) atoms. The fourth-order valence-corrected chi connectivity index (χ4v) is 3.85. The van der Waals surface area contributed by atoms with Gasteiger partial charge in [0.15, 0.2) is 5.96 Å². The fourth-order valence-electron chi connectivity index (χ4n) is 3.85. The van der Waals surface area contributed by atoms with E-state index in [1.165, 1.54) is 12.8 Å². The minimum absolute atomic E-state index is 0.223. The van der Waals surface area contributed by atoms with E-state index in [-0.39, 0.29) is 6.10 Å². The number of hydrogen-bond donors (Lipinski definition) is 3. The van der Waals surface area contributed by atoms with Crippen molar-refractivity contribution in [2.75, 3.05) is 0 Å². The molecule has 0 radical (unpaired) electrons. The van der Waals surface area contributed by atoms with Crippen LogP contribution in [0.25, 0.3) is 22.2 Å². The van der Waals surface area contributed by atoms with Crippen molar-refractivity contribution in [1.29, 1.82) is 5.41 Å². The molecule has 1 amide bonds. The Bertz CT molecular complexity index is 1090. The molecule has 0 bridgehead atoms. The molecule has 3 aromatic rings. The maximum atomic E-state index is 12.8. The van der Waals surface area contributed by atoms with Gasteiger partial charge in [-0.25, -0.2) is 4.98 Å². The molecule has 1 heterocycles. The van der Waals surface area contributed by atoms with Crippen molar-refractivity contribution in [1.82, 2.24) is 10.3 Å². The van der Waals surface area contributed by atoms with Crippen molar-refractivity contribution < 1.29 is 9.53 Å². The first kappa shape index (κ1) is 18.9. The molecule has 1 fully saturated rings. The summed E-state index contributed by atoms with van der Waals surface area (Å²) in [7, 11) is 0. The molecule has 0 atom stereocenters. The Morgan fingerprint density at radius 2 is 1.93 bits per heavy atom. The minimum atomic E-state index is -0.433. The lowest BCUT2D eigenvalue weighted by Crippen LogP contribution is -2.35. The number of ether oxygens (including phenoxy) is 1. The van der Waals surface area contributed by atoms with Gasteiger partial charge in [0, 0.05) is 10.9 Å². The van der Waals surface area contributed by atoms with E-state index in [9.17, 15) is 4.79 Å². The number of aromatic nitrogens is 1. The third-order valence-corrected chi connectivity index (χ3v) is 5.30. The third-order valence-electron chi connectivity index (χ3n) is 5.30. The van der Waals surface area contributed by atoms with E-state index >= 15 is 0 Å². The van der Waals surface area contributed by atoms with E-state index in [4.69, 9.17) is 20.9 Å². The summed E-state index contributed by atoms with van der Waals surface area (Å²) in [4.78, 5) is 17.6. The first-order valence-electron chi connectivity index (χ1n) is 9.84. The lowest BCUT2D eigenvalue weighted by atomic mass is 10.0. The van der Waals surface area contributed by atoms with Crippen LogP contribution in [0.2, 0.25) is 0 Å². The number of aryl methyl sites for hydroxylation is 1. The van der Waals surface area contributed by atoms with Gasteiger partial charge in [0.1, 0.15) is 5.75 Å². The number of pyridine rings is 1. The second-order valence-electron chi connectivity index (χ2n) is 7.44. The van der Waals surface area contributed by atoms with Gasteiger partial charge in [-0.3, -0.25) is 15.5 Å². The van der Waals surface area contributed by atoms with Gasteiger partial charge < -0.3 is 10.5 Å². The van der Waals surface area contributed by atoms with Crippen molar-refractivity contribution in [3.63, 3.8) is 0 Å². The topological polar surface area (TPSA) is 101 Å². The molecule has 0 saturated heterocycles. The Kier molecular flexibility index (Phi) is 5.16. The van der Waals surface area contributed by atoms with Crippen molar-refractivity contribution in [2.24, 2.45) is 5.73 Å². The SMILES string of the molecule is Cc1ccccc1-c1cc(C(=O)NC(=N)N)c2cc(OC3CCCC3)ccc2n1. The predicted molar refractivity (Wildman–Crippen MR) is 114 cm³/mol. The molecule has 0 spiro atoms. The number of rotatable bonds is 4. The van der Waals surface area contributed by atoms with E-state index in [2.05, 4.69) is 5.32 Å². The maximum Gasteiger partial charge on any atom is 0.258 e. The minimum Gasteiger partial charge on any atom is -0.490 e. The highest BCUT2D eigenvalue weighted by molar-refractivity contribution is 6.12. The zero-order chi connectivity index (χ0) is 20.4. The summed E-state index contributed by atoms with van der Waals surface area (Å²) >= 11 is 0. The summed E-state index contributed by atoms with van der Waals surface area (Å²) in [5, 5.41) is 10.5. The number of benzene rings is 2. The van der Waals surface area contributed by atoms with Crippen LogP contribution in [-0.4, -0.2) is 23.0 Å². The van der Waals surface area contributed by atoms with E-state index in [0.29, 0.717) is 22.2 Å². The number of carbonyl (C=O) groups excluding carboxylic acids is 1. The zero-order valence-electron chi connectivity index (χ0n) is 16.4. The van der Waals surface area contributed by atoms with Gasteiger partial charge >= 0.3 is 0 Å². The largest absolute Gasteiger partial charge is 0.490 e. The first-order valence-corrected chi connectivity index (χ1v) is 9.84. The molecule has 6 heteroatoms. The highest BCUT2D eigenvalue weighted by Gasteiger charge is 2.19. The summed E-state index contributed by atoms with van der Waals surface area (Å²) in [6.07, 6.45) is 4.71. The molecule has 4 N–H and O–H groups in total. The Morgan fingerprint density at radius 3 is 2.66 bits per heavy atom. The molecule has 0 unspecified atom stereocenters. The van der Waals surface area contributed by atoms with Crippen molar-refractivity contribution in [3.8, 4) is 17.0 Å². The van der Waals surface area contributed by atoms with Gasteiger partial charge in [-0.05, 0) is 62.4 Å². The molecule has 1 aromatic heterocycles. The highest BCUT2D eigenvalue weighted by Crippen LogP contribution is 2.31. The number of fused-ring (bicyclic) bond motifs is 1. The molecule has 1 saturated carbocycles. The zero-order valence-corrected chi connectivity index (χ0v) is 16.4. The number of nitrogens with one attached hydrogen (secondary N) is 2. The van der Waals surface area contributed by atoms with Crippen LogP contribution in [0.1, 0.15) is 41.6 Å². The first-order chi connectivity index (χ1) is 14.0. The molecule has 148 valence electrons. The van der Waals surface area contributed by atoms with E-state index in [1.54, 1.807) is 6.07 Å². The normalized spacial score (nSPS) is 14.1. The standard InChI is InChI=1S/C23H24N4O2/c1-14-6-2-5-9-17(14)21-13-19(22(28)27-23(24)25)18-12-16(10-11-20(18)26-21)29-15-7-3-4-8-15/h2,5-6,9-13,15H,3-4,7-8H2,1H3,(H4,24,25,27,28). The fraction of sp³-hybridized carbons (Fsp3) is 0.261. The molecular formula is C23H24N4O2. The smallest absolute Gasteiger partial charge is 0.258 e. The van der Waals surface area contributed by atoms with E-state index in [0.717, 1.165) is 29.7 Å². The van der Waals surface area contributed by atoms with Crippen molar-refractivity contribution in [2.45, 2.75) is 38.7 Å². The number of nitrogens with zero attached hydrogens (tertiary/aromatic N) is 1. The Balaban J connectivity index is 1.83. The molecule has 0 aliphatic heterocycles. The summed E-state index contributed by atoms with van der Waals surface area (Å²) in [6.45, 7) is 2.01. The average molecular weight is 388 g/mol. The Hall–Kier alpha value is -3.41. The summed E-state index contributed by atoms with van der Waals surface area (Å²) in [5.41, 5.74) is 9.23.